The first kappa shape index (κ1) is 21.7. The number of hydrogen-bond acceptors (Lipinski definition) is 4. The average molecular weight is 419 g/mol. The first-order valence-corrected chi connectivity index (χ1v) is 11.8. The Morgan fingerprint density at radius 2 is 1.87 bits per heavy atom. The molecule has 2 aliphatic rings. The fourth-order valence-electron chi connectivity index (χ4n) is 4.81. The Kier molecular flexibility index (Phi) is 7.10. The molecule has 0 saturated heterocycles. The van der Waals surface area contributed by atoms with E-state index in [1.54, 1.807) is 0 Å². The Morgan fingerprint density at radius 1 is 1.10 bits per heavy atom. The third-order valence-electron chi connectivity index (χ3n) is 6.78. The number of hydrogen-bond donors (Lipinski definition) is 1. The van der Waals surface area contributed by atoms with Crippen molar-refractivity contribution in [1.82, 2.24) is 20.3 Å². The second kappa shape index (κ2) is 10.2. The molecule has 1 fully saturated rings. The van der Waals surface area contributed by atoms with Crippen LogP contribution in [0.25, 0.3) is 11.1 Å². The van der Waals surface area contributed by atoms with Crippen molar-refractivity contribution in [2.45, 2.75) is 70.6 Å². The molecule has 2 aromatic rings. The molecule has 0 aromatic carbocycles. The van der Waals surface area contributed by atoms with Gasteiger partial charge in [-0.1, -0.05) is 26.0 Å². The van der Waals surface area contributed by atoms with Crippen LogP contribution in [-0.4, -0.2) is 27.4 Å². The number of allylic oxidation sites excluding steroid dienone is 2. The maximum absolute atomic E-state index is 12.5. The van der Waals surface area contributed by atoms with Crippen molar-refractivity contribution in [3.8, 4) is 11.1 Å². The molecule has 0 unspecified atom stereocenters. The molecule has 2 aliphatic carbocycles. The highest BCUT2D eigenvalue weighted by Gasteiger charge is 2.27. The van der Waals surface area contributed by atoms with Crippen LogP contribution >= 0.6 is 0 Å². The number of pyridine rings is 1. The fraction of sp³-hybridized carbons (Fsp3) is 0.538. The summed E-state index contributed by atoms with van der Waals surface area (Å²) in [7, 11) is 0. The van der Waals surface area contributed by atoms with Gasteiger partial charge in [0.2, 0.25) is 5.91 Å². The molecule has 1 amide bonds. The largest absolute Gasteiger partial charge is 0.356 e. The van der Waals surface area contributed by atoms with Crippen molar-refractivity contribution in [3.63, 3.8) is 0 Å². The molecule has 0 aliphatic heterocycles. The van der Waals surface area contributed by atoms with E-state index in [-0.39, 0.29) is 11.8 Å². The molecule has 1 N–H and O–H groups in total. The van der Waals surface area contributed by atoms with Gasteiger partial charge in [0, 0.05) is 48.5 Å². The molecule has 1 atom stereocenters. The van der Waals surface area contributed by atoms with E-state index in [1.165, 1.54) is 5.69 Å². The van der Waals surface area contributed by atoms with E-state index >= 15 is 0 Å². The van der Waals surface area contributed by atoms with Crippen molar-refractivity contribution in [3.05, 3.63) is 54.4 Å². The molecule has 0 spiro atoms. The van der Waals surface area contributed by atoms with E-state index in [0.29, 0.717) is 17.8 Å². The highest BCUT2D eigenvalue weighted by Crippen LogP contribution is 2.39. The third kappa shape index (κ3) is 5.38. The number of carbonyl (C=O) groups is 1. The van der Waals surface area contributed by atoms with Gasteiger partial charge in [-0.2, -0.15) is 0 Å². The SMILES string of the molecule is CC(C)c1ncc(-c2ccncc2)c(C2CCC(CNC(=O)[C@H]3CC=CCC3)CC2)n1. The Labute approximate surface area is 185 Å². The molecule has 0 radical (unpaired) electrons. The van der Waals surface area contributed by atoms with Crippen molar-refractivity contribution in [2.75, 3.05) is 6.54 Å². The summed E-state index contributed by atoms with van der Waals surface area (Å²) in [6, 6.07) is 4.08. The summed E-state index contributed by atoms with van der Waals surface area (Å²) >= 11 is 0. The predicted octanol–water partition coefficient (Wildman–Crippen LogP) is 5.41. The summed E-state index contributed by atoms with van der Waals surface area (Å²) in [6.45, 7) is 5.10. The molecule has 5 heteroatoms. The van der Waals surface area contributed by atoms with Crippen LogP contribution in [0.1, 0.15) is 82.1 Å². The summed E-state index contributed by atoms with van der Waals surface area (Å²) in [5, 5.41) is 3.23. The van der Waals surface area contributed by atoms with Gasteiger partial charge in [-0.05, 0) is 68.6 Å². The van der Waals surface area contributed by atoms with E-state index in [4.69, 9.17) is 4.98 Å². The Morgan fingerprint density at radius 3 is 2.55 bits per heavy atom. The molecule has 2 heterocycles. The summed E-state index contributed by atoms with van der Waals surface area (Å²) < 4.78 is 0. The Balaban J connectivity index is 1.40. The van der Waals surface area contributed by atoms with Gasteiger partial charge < -0.3 is 5.32 Å². The van der Waals surface area contributed by atoms with Crippen LogP contribution in [0.4, 0.5) is 0 Å². The van der Waals surface area contributed by atoms with E-state index < -0.39 is 0 Å². The lowest BCUT2D eigenvalue weighted by atomic mass is 9.78. The zero-order chi connectivity index (χ0) is 21.6. The minimum atomic E-state index is 0.166. The number of rotatable bonds is 6. The maximum Gasteiger partial charge on any atom is 0.223 e. The van der Waals surface area contributed by atoms with Crippen LogP contribution in [-0.2, 0) is 4.79 Å². The normalized spacial score (nSPS) is 23.6. The number of carbonyl (C=O) groups excluding carboxylic acids is 1. The van der Waals surface area contributed by atoms with Crippen LogP contribution in [0.15, 0.2) is 42.9 Å². The van der Waals surface area contributed by atoms with Crippen LogP contribution in [0.5, 0.6) is 0 Å². The van der Waals surface area contributed by atoms with Gasteiger partial charge in [0.1, 0.15) is 5.82 Å². The van der Waals surface area contributed by atoms with Crippen LogP contribution in [0.3, 0.4) is 0 Å². The van der Waals surface area contributed by atoms with Gasteiger partial charge in [-0.3, -0.25) is 9.78 Å². The Bertz CT molecular complexity index is 901. The number of nitrogens with zero attached hydrogens (tertiary/aromatic N) is 3. The van der Waals surface area contributed by atoms with E-state index in [0.717, 1.165) is 68.4 Å². The average Bonchev–Trinajstić information content (AvgIpc) is 2.83. The van der Waals surface area contributed by atoms with Crippen molar-refractivity contribution in [2.24, 2.45) is 11.8 Å². The monoisotopic (exact) mass is 418 g/mol. The number of amides is 1. The molecule has 164 valence electrons. The van der Waals surface area contributed by atoms with Gasteiger partial charge in [0.25, 0.3) is 0 Å². The quantitative estimate of drug-likeness (QED) is 0.637. The van der Waals surface area contributed by atoms with Gasteiger partial charge in [0.15, 0.2) is 0 Å². The predicted molar refractivity (Wildman–Crippen MR) is 124 cm³/mol. The van der Waals surface area contributed by atoms with E-state index in [1.807, 2.05) is 30.7 Å². The molecule has 1 saturated carbocycles. The van der Waals surface area contributed by atoms with Gasteiger partial charge in [-0.25, -0.2) is 9.97 Å². The zero-order valence-corrected chi connectivity index (χ0v) is 18.8. The highest BCUT2D eigenvalue weighted by molar-refractivity contribution is 5.79. The van der Waals surface area contributed by atoms with E-state index in [2.05, 4.69) is 41.3 Å². The molecule has 2 aromatic heterocycles. The van der Waals surface area contributed by atoms with Crippen LogP contribution < -0.4 is 5.32 Å². The molecular formula is C26H34N4O. The second-order valence-corrected chi connectivity index (χ2v) is 9.36. The standard InChI is InChI=1S/C26H34N4O/c1-18(2)25-28-17-23(20-12-14-27-15-13-20)24(30-25)21-10-8-19(9-11-21)16-29-26(31)22-6-4-3-5-7-22/h3-4,12-15,17-19,21-22H,5-11,16H2,1-2H3,(H,29,31)/t19?,21?,22-/m0/s1. The molecule has 5 nitrogen and oxygen atoms in total. The van der Waals surface area contributed by atoms with Gasteiger partial charge in [-0.15, -0.1) is 0 Å². The smallest absolute Gasteiger partial charge is 0.223 e. The Hall–Kier alpha value is -2.56. The highest BCUT2D eigenvalue weighted by atomic mass is 16.1. The topological polar surface area (TPSA) is 67.8 Å². The third-order valence-corrected chi connectivity index (χ3v) is 6.78. The minimum absolute atomic E-state index is 0.166. The lowest BCUT2D eigenvalue weighted by molar-refractivity contribution is -0.125. The lowest BCUT2D eigenvalue weighted by Gasteiger charge is -2.30. The lowest BCUT2D eigenvalue weighted by Crippen LogP contribution is -2.35. The van der Waals surface area contributed by atoms with Gasteiger partial charge in [0.05, 0.1) is 5.69 Å². The van der Waals surface area contributed by atoms with Crippen molar-refractivity contribution >= 4 is 5.91 Å². The van der Waals surface area contributed by atoms with Crippen LogP contribution in [0, 0.1) is 11.8 Å². The summed E-state index contributed by atoms with van der Waals surface area (Å²) in [6.07, 6.45) is 17.4. The molecule has 31 heavy (non-hydrogen) atoms. The number of nitrogens with one attached hydrogen (secondary N) is 1. The molecular weight excluding hydrogens is 384 g/mol. The first-order chi connectivity index (χ1) is 15.1. The zero-order valence-electron chi connectivity index (χ0n) is 18.8. The summed E-state index contributed by atoms with van der Waals surface area (Å²) in [4.78, 5) is 26.3. The summed E-state index contributed by atoms with van der Waals surface area (Å²) in [5.74, 6) is 2.65. The number of aromatic nitrogens is 3. The minimum Gasteiger partial charge on any atom is -0.356 e. The van der Waals surface area contributed by atoms with E-state index in [9.17, 15) is 4.79 Å². The van der Waals surface area contributed by atoms with Crippen LogP contribution in [0.2, 0.25) is 0 Å². The molecule has 0 bridgehead atoms. The maximum atomic E-state index is 12.5. The van der Waals surface area contributed by atoms with Crippen molar-refractivity contribution in [1.29, 1.82) is 0 Å². The molecule has 4 rings (SSSR count). The second-order valence-electron chi connectivity index (χ2n) is 9.36. The first-order valence-electron chi connectivity index (χ1n) is 11.8. The van der Waals surface area contributed by atoms with Crippen molar-refractivity contribution < 1.29 is 4.79 Å². The summed E-state index contributed by atoms with van der Waals surface area (Å²) in [5.41, 5.74) is 3.45. The van der Waals surface area contributed by atoms with Gasteiger partial charge >= 0.3 is 0 Å². The fourth-order valence-corrected chi connectivity index (χ4v) is 4.81.